The molecule has 1 aliphatic carbocycles. The zero-order valence-electron chi connectivity index (χ0n) is 24.8. The molecule has 4 atom stereocenters. The van der Waals surface area contributed by atoms with Crippen LogP contribution in [0.15, 0.2) is 17.5 Å². The van der Waals surface area contributed by atoms with Crippen LogP contribution < -0.4 is 16.0 Å². The van der Waals surface area contributed by atoms with E-state index in [9.17, 15) is 19.2 Å². The molecule has 2 bridgehead atoms. The van der Waals surface area contributed by atoms with Crippen LogP contribution in [0.25, 0.3) is 0 Å². The molecule has 1 aromatic rings. The van der Waals surface area contributed by atoms with E-state index in [1.165, 1.54) is 42.4 Å². The van der Waals surface area contributed by atoms with E-state index >= 15 is 0 Å². The van der Waals surface area contributed by atoms with Gasteiger partial charge in [0, 0.05) is 17.6 Å². The van der Waals surface area contributed by atoms with Crippen LogP contribution in [0.3, 0.4) is 0 Å². The van der Waals surface area contributed by atoms with Gasteiger partial charge in [0.1, 0.15) is 35.2 Å². The van der Waals surface area contributed by atoms with Crippen LogP contribution in [0.1, 0.15) is 100 Å². The Labute approximate surface area is 256 Å². The number of fused-ring (bicyclic) bond motifs is 4. The second-order valence-corrected chi connectivity index (χ2v) is 13.8. The summed E-state index contributed by atoms with van der Waals surface area (Å²) in [6.45, 7) is 6.19. The lowest BCUT2D eigenvalue weighted by molar-refractivity contribution is -0.152. The third-order valence-corrected chi connectivity index (χ3v) is 9.52. The summed E-state index contributed by atoms with van der Waals surface area (Å²) in [5, 5.41) is 11.7. The first-order chi connectivity index (χ1) is 20.2. The largest absolute Gasteiger partial charge is 0.456 e. The highest BCUT2D eigenvalue weighted by Crippen LogP contribution is 2.48. The normalized spacial score (nSPS) is 26.0. The maximum Gasteiger partial charge on any atom is 0.324 e. The van der Waals surface area contributed by atoms with Crippen molar-refractivity contribution in [1.82, 2.24) is 20.9 Å². The second kappa shape index (κ2) is 15.4. The van der Waals surface area contributed by atoms with Crippen molar-refractivity contribution in [2.24, 2.45) is 5.92 Å². The minimum absolute atomic E-state index is 0.0543. The molecule has 42 heavy (non-hydrogen) atoms. The maximum absolute atomic E-state index is 13.3. The third-order valence-electron chi connectivity index (χ3n) is 7.71. The Morgan fingerprint density at radius 2 is 2.00 bits per heavy atom. The smallest absolute Gasteiger partial charge is 0.324 e. The molecule has 1 spiro atoms. The number of carbonyl (C=O) groups is 4. The molecule has 3 N–H and O–H groups in total. The van der Waals surface area contributed by atoms with Gasteiger partial charge in [0.25, 0.3) is 5.91 Å². The van der Waals surface area contributed by atoms with Crippen molar-refractivity contribution < 1.29 is 28.7 Å². The van der Waals surface area contributed by atoms with E-state index in [2.05, 4.69) is 27.9 Å². The molecule has 12 heteroatoms. The van der Waals surface area contributed by atoms with Crippen LogP contribution >= 0.6 is 23.1 Å². The van der Waals surface area contributed by atoms with Crippen LogP contribution in [0, 0.1) is 5.92 Å². The SMILES string of the molecule is CCCCCCCC(=O)SCCC=CC1CC(=O)NCc2nc(cs2)C(=O)NC2(CC2)C2OC2NC(C(C)C)C(=O)O1. The topological polar surface area (TPSA) is 139 Å². The van der Waals surface area contributed by atoms with E-state index in [-0.39, 0.29) is 48.1 Å². The number of aromatic nitrogens is 1. The van der Waals surface area contributed by atoms with Crippen molar-refractivity contribution in [3.05, 3.63) is 28.2 Å². The van der Waals surface area contributed by atoms with Crippen LogP contribution in [0.2, 0.25) is 0 Å². The Morgan fingerprint density at radius 1 is 1.21 bits per heavy atom. The molecule has 2 amide bonds. The summed E-state index contributed by atoms with van der Waals surface area (Å²) in [6.07, 6.45) is 10.6. The van der Waals surface area contributed by atoms with Crippen molar-refractivity contribution in [2.75, 3.05) is 5.75 Å². The van der Waals surface area contributed by atoms with Gasteiger partial charge < -0.3 is 20.1 Å². The average Bonchev–Trinajstić information content (AvgIpc) is 3.85. The first-order valence-corrected chi connectivity index (χ1v) is 17.0. The number of amides is 2. The predicted molar refractivity (Wildman–Crippen MR) is 163 cm³/mol. The second-order valence-electron chi connectivity index (χ2n) is 11.7. The summed E-state index contributed by atoms with van der Waals surface area (Å²) in [5.41, 5.74) is -0.150. The standard InChI is InChI=1S/C30H44N4O6S2/c1-4-5-6-7-8-12-24(36)41-15-10-9-11-20-16-22(35)31-17-23-32-21(18-42-23)27(37)34-30(13-14-30)26-28(40-26)33-25(19(2)3)29(38)39-20/h9,11,18-20,25-26,28,33H,4-8,10,12-17H2,1-3H3,(H,31,35)(H,34,37). The highest BCUT2D eigenvalue weighted by atomic mass is 32.2. The number of allylic oxidation sites excluding steroid dienone is 1. The molecule has 2 fully saturated rings. The monoisotopic (exact) mass is 620 g/mol. The minimum Gasteiger partial charge on any atom is -0.456 e. The third kappa shape index (κ3) is 9.62. The molecule has 1 saturated carbocycles. The molecule has 1 aromatic heterocycles. The van der Waals surface area contributed by atoms with Gasteiger partial charge in [-0.25, -0.2) is 4.98 Å². The van der Waals surface area contributed by atoms with Gasteiger partial charge in [0.05, 0.1) is 18.5 Å². The fraction of sp³-hybridized carbons (Fsp3) is 0.700. The number of thiazole rings is 1. The van der Waals surface area contributed by atoms with Crippen molar-refractivity contribution >= 4 is 46.0 Å². The van der Waals surface area contributed by atoms with E-state index in [0.29, 0.717) is 29.3 Å². The van der Waals surface area contributed by atoms with Crippen molar-refractivity contribution in [1.29, 1.82) is 0 Å². The average molecular weight is 621 g/mol. The molecule has 4 unspecified atom stereocenters. The number of nitrogens with zero attached hydrogens (tertiary/aromatic N) is 1. The summed E-state index contributed by atoms with van der Waals surface area (Å²) in [4.78, 5) is 55.6. The van der Waals surface area contributed by atoms with E-state index in [1.54, 1.807) is 11.5 Å². The molecule has 232 valence electrons. The van der Waals surface area contributed by atoms with E-state index in [1.807, 2.05) is 19.9 Å². The van der Waals surface area contributed by atoms with Gasteiger partial charge in [-0.15, -0.1) is 11.3 Å². The number of epoxide rings is 1. The van der Waals surface area contributed by atoms with Gasteiger partial charge in [-0.05, 0) is 37.7 Å². The molecular formula is C30H44N4O6S2. The molecule has 2 aliphatic heterocycles. The summed E-state index contributed by atoms with van der Waals surface area (Å²) in [7, 11) is 0. The van der Waals surface area contributed by atoms with Gasteiger partial charge in [-0.3, -0.25) is 24.5 Å². The van der Waals surface area contributed by atoms with Gasteiger partial charge >= 0.3 is 5.97 Å². The lowest BCUT2D eigenvalue weighted by atomic mass is 10.0. The summed E-state index contributed by atoms with van der Waals surface area (Å²) >= 11 is 2.63. The van der Waals surface area contributed by atoms with Crippen LogP contribution in [-0.4, -0.2) is 63.7 Å². The van der Waals surface area contributed by atoms with Gasteiger partial charge in [0.15, 0.2) is 5.12 Å². The molecular weight excluding hydrogens is 576 g/mol. The molecule has 4 rings (SSSR count). The Morgan fingerprint density at radius 3 is 2.74 bits per heavy atom. The number of hydrogen-bond acceptors (Lipinski definition) is 10. The Hall–Kier alpha value is -2.28. The van der Waals surface area contributed by atoms with Crippen LogP contribution in [0.4, 0.5) is 0 Å². The first kappa shape index (κ1) is 32.6. The number of esters is 1. The number of thioether (sulfide) groups is 1. The Kier molecular flexibility index (Phi) is 12.0. The lowest BCUT2D eigenvalue weighted by Gasteiger charge is -2.23. The lowest BCUT2D eigenvalue weighted by Crippen LogP contribution is -2.48. The molecule has 10 nitrogen and oxygen atoms in total. The van der Waals surface area contributed by atoms with Crippen molar-refractivity contribution in [2.45, 2.75) is 122 Å². The fourth-order valence-corrected chi connectivity index (χ4v) is 6.49. The fourth-order valence-electron chi connectivity index (χ4n) is 5.01. The molecule has 0 aromatic carbocycles. The quantitative estimate of drug-likeness (QED) is 0.143. The van der Waals surface area contributed by atoms with E-state index < -0.39 is 23.7 Å². The zero-order valence-corrected chi connectivity index (χ0v) is 26.5. The Bertz CT molecular complexity index is 1130. The number of hydrogen-bond donors (Lipinski definition) is 3. The van der Waals surface area contributed by atoms with Crippen molar-refractivity contribution in [3.8, 4) is 0 Å². The van der Waals surface area contributed by atoms with Crippen LogP contribution in [0.5, 0.6) is 0 Å². The van der Waals surface area contributed by atoms with Crippen LogP contribution in [-0.2, 0) is 30.4 Å². The maximum atomic E-state index is 13.3. The van der Waals surface area contributed by atoms with Gasteiger partial charge in [0.2, 0.25) is 5.91 Å². The molecule has 1 saturated heterocycles. The molecule has 3 aliphatic rings. The molecule has 0 radical (unpaired) electrons. The van der Waals surface area contributed by atoms with Gasteiger partial charge in [-0.2, -0.15) is 0 Å². The number of nitrogens with one attached hydrogen (secondary N) is 3. The highest BCUT2D eigenvalue weighted by Gasteiger charge is 2.63. The Balaban J connectivity index is 1.37. The van der Waals surface area contributed by atoms with Crippen molar-refractivity contribution in [3.63, 3.8) is 0 Å². The summed E-state index contributed by atoms with van der Waals surface area (Å²) in [6, 6.07) is -0.646. The van der Waals surface area contributed by atoms with Gasteiger partial charge in [-0.1, -0.05) is 64.3 Å². The summed E-state index contributed by atoms with van der Waals surface area (Å²) in [5.74, 6) is -0.486. The number of carbonyl (C=O) groups excluding carboxylic acids is 4. The first-order valence-electron chi connectivity index (χ1n) is 15.2. The number of cyclic esters (lactones) is 1. The van der Waals surface area contributed by atoms with E-state index in [4.69, 9.17) is 9.47 Å². The summed E-state index contributed by atoms with van der Waals surface area (Å²) < 4.78 is 11.7. The molecule has 3 heterocycles. The number of unbranched alkanes of at least 4 members (excludes halogenated alkanes) is 4. The minimum atomic E-state index is -0.767. The highest BCUT2D eigenvalue weighted by molar-refractivity contribution is 8.13. The van der Waals surface area contributed by atoms with E-state index in [0.717, 1.165) is 25.7 Å². The predicted octanol–water partition coefficient (Wildman–Crippen LogP) is 4.24. The number of rotatable bonds is 11. The number of ether oxygens (including phenoxy) is 2. The zero-order chi connectivity index (χ0) is 30.1.